The molecule has 0 radical (unpaired) electrons. The molecule has 1 aliphatic rings. The van der Waals surface area contributed by atoms with E-state index in [2.05, 4.69) is 10.3 Å². The minimum absolute atomic E-state index is 0.0277. The molecular formula is C16H21F3N2O3. The van der Waals surface area contributed by atoms with E-state index in [4.69, 9.17) is 9.47 Å². The average molecular weight is 346 g/mol. The van der Waals surface area contributed by atoms with Gasteiger partial charge in [0.15, 0.2) is 0 Å². The van der Waals surface area contributed by atoms with Crippen molar-refractivity contribution in [1.29, 1.82) is 0 Å². The number of ether oxygens (including phenoxy) is 2. The van der Waals surface area contributed by atoms with E-state index in [1.54, 1.807) is 20.8 Å². The summed E-state index contributed by atoms with van der Waals surface area (Å²) in [6.45, 7) is 5.19. The number of nitrogens with one attached hydrogen (secondary N) is 1. The Kier molecular flexibility index (Phi) is 4.96. The largest absolute Gasteiger partial charge is 0.492 e. The molecule has 8 heteroatoms. The molecule has 1 aliphatic carbocycles. The van der Waals surface area contributed by atoms with Crippen LogP contribution in [0.25, 0.3) is 0 Å². The van der Waals surface area contributed by atoms with Gasteiger partial charge in [-0.1, -0.05) is 0 Å². The highest BCUT2D eigenvalue weighted by atomic mass is 19.4. The van der Waals surface area contributed by atoms with Crippen LogP contribution in [-0.4, -0.2) is 29.5 Å². The fraction of sp³-hybridized carbons (Fsp3) is 0.625. The van der Waals surface area contributed by atoms with Gasteiger partial charge >= 0.3 is 12.3 Å². The van der Waals surface area contributed by atoms with E-state index < -0.39 is 23.3 Å². The molecule has 0 aromatic carbocycles. The maximum atomic E-state index is 12.8. The molecule has 0 unspecified atom stereocenters. The molecule has 1 amide bonds. The second-order valence-electron chi connectivity index (χ2n) is 6.88. The summed E-state index contributed by atoms with van der Waals surface area (Å²) in [6.07, 6.45) is -3.19. The van der Waals surface area contributed by atoms with E-state index in [9.17, 15) is 18.0 Å². The fourth-order valence-electron chi connectivity index (χ4n) is 2.14. The molecule has 0 aliphatic heterocycles. The number of halogens is 3. The maximum absolute atomic E-state index is 12.8. The molecular weight excluding hydrogens is 325 g/mol. The Bertz CT molecular complexity index is 576. The fourth-order valence-corrected chi connectivity index (χ4v) is 2.14. The Balaban J connectivity index is 1.79. The molecule has 1 fully saturated rings. The number of hydrogen-bond acceptors (Lipinski definition) is 4. The number of rotatable bonds is 5. The van der Waals surface area contributed by atoms with E-state index in [1.165, 1.54) is 18.3 Å². The van der Waals surface area contributed by atoms with Gasteiger partial charge in [0.25, 0.3) is 0 Å². The molecule has 0 saturated heterocycles. The SMILES string of the molecule is CC(C)(C)OC(=O)Nc1ccc(OCCC2(C(F)(F)F)CC2)cn1. The van der Waals surface area contributed by atoms with Gasteiger partial charge in [0, 0.05) is 0 Å². The monoisotopic (exact) mass is 346 g/mol. The Hall–Kier alpha value is -1.99. The molecule has 1 aromatic rings. The number of nitrogens with zero attached hydrogens (tertiary/aromatic N) is 1. The van der Waals surface area contributed by atoms with Crippen LogP contribution in [0.4, 0.5) is 23.8 Å². The minimum Gasteiger partial charge on any atom is -0.492 e. The number of anilines is 1. The lowest BCUT2D eigenvalue weighted by Gasteiger charge is -2.19. The summed E-state index contributed by atoms with van der Waals surface area (Å²) >= 11 is 0. The summed E-state index contributed by atoms with van der Waals surface area (Å²) < 4.78 is 48.8. The number of aromatic nitrogens is 1. The van der Waals surface area contributed by atoms with Crippen molar-refractivity contribution in [3.63, 3.8) is 0 Å². The van der Waals surface area contributed by atoms with Gasteiger partial charge in [-0.25, -0.2) is 9.78 Å². The van der Waals surface area contributed by atoms with Gasteiger partial charge in [0.2, 0.25) is 0 Å². The lowest BCUT2D eigenvalue weighted by atomic mass is 10.0. The van der Waals surface area contributed by atoms with E-state index in [-0.39, 0.29) is 31.7 Å². The van der Waals surface area contributed by atoms with Gasteiger partial charge in [-0.3, -0.25) is 5.32 Å². The van der Waals surface area contributed by atoms with Crippen LogP contribution in [0.2, 0.25) is 0 Å². The number of carbonyl (C=O) groups is 1. The maximum Gasteiger partial charge on any atom is 0.413 e. The number of amides is 1. The summed E-state index contributed by atoms with van der Waals surface area (Å²) in [7, 11) is 0. The Morgan fingerprint density at radius 1 is 1.29 bits per heavy atom. The molecule has 1 saturated carbocycles. The van der Waals surface area contributed by atoms with Crippen molar-refractivity contribution in [2.45, 2.75) is 51.8 Å². The zero-order chi connectivity index (χ0) is 18.0. The van der Waals surface area contributed by atoms with Crippen LogP contribution in [-0.2, 0) is 4.74 Å². The summed E-state index contributed by atoms with van der Waals surface area (Å²) in [5.41, 5.74) is -2.19. The van der Waals surface area contributed by atoms with Gasteiger partial charge in [-0.05, 0) is 52.2 Å². The average Bonchev–Trinajstić information content (AvgIpc) is 3.19. The first-order valence-electron chi connectivity index (χ1n) is 7.66. The van der Waals surface area contributed by atoms with Crippen molar-refractivity contribution in [3.05, 3.63) is 18.3 Å². The van der Waals surface area contributed by atoms with Crippen LogP contribution in [0.1, 0.15) is 40.0 Å². The molecule has 2 rings (SSSR count). The first-order valence-corrected chi connectivity index (χ1v) is 7.66. The topological polar surface area (TPSA) is 60.5 Å². The van der Waals surface area contributed by atoms with E-state index in [0.717, 1.165) is 0 Å². The van der Waals surface area contributed by atoms with Crippen molar-refractivity contribution < 1.29 is 27.4 Å². The zero-order valence-corrected chi connectivity index (χ0v) is 13.9. The number of carbonyl (C=O) groups excluding carboxylic acids is 1. The third-order valence-electron chi connectivity index (χ3n) is 3.67. The molecule has 1 heterocycles. The summed E-state index contributed by atoms with van der Waals surface area (Å²) in [5, 5.41) is 2.46. The van der Waals surface area contributed by atoms with Crippen LogP contribution in [0.15, 0.2) is 18.3 Å². The van der Waals surface area contributed by atoms with Crippen LogP contribution < -0.4 is 10.1 Å². The summed E-state index contributed by atoms with van der Waals surface area (Å²) in [6, 6.07) is 3.03. The standard InChI is InChI=1S/C16H21F3N2O3/c1-14(2,3)24-13(22)21-12-5-4-11(10-20-12)23-9-8-15(6-7-15)16(17,18)19/h4-5,10H,6-9H2,1-3H3,(H,20,21,22). The highest BCUT2D eigenvalue weighted by Crippen LogP contribution is 2.59. The summed E-state index contributed by atoms with van der Waals surface area (Å²) in [5.74, 6) is 0.619. The third-order valence-corrected chi connectivity index (χ3v) is 3.67. The lowest BCUT2D eigenvalue weighted by molar-refractivity contribution is -0.190. The van der Waals surface area contributed by atoms with Crippen molar-refractivity contribution in [1.82, 2.24) is 4.98 Å². The number of pyridine rings is 1. The van der Waals surface area contributed by atoms with Crippen LogP contribution in [0.5, 0.6) is 5.75 Å². The summed E-state index contributed by atoms with van der Waals surface area (Å²) in [4.78, 5) is 15.6. The predicted molar refractivity (Wildman–Crippen MR) is 81.9 cm³/mol. The Labute approximate surface area is 138 Å². The Morgan fingerprint density at radius 3 is 2.42 bits per heavy atom. The van der Waals surface area contributed by atoms with E-state index >= 15 is 0 Å². The van der Waals surface area contributed by atoms with Gasteiger partial charge in [0.05, 0.1) is 18.2 Å². The van der Waals surface area contributed by atoms with Crippen molar-refractivity contribution in [2.24, 2.45) is 5.41 Å². The van der Waals surface area contributed by atoms with Crippen LogP contribution in [0, 0.1) is 5.41 Å². The predicted octanol–water partition coefficient (Wildman–Crippen LogP) is 4.54. The molecule has 1 aromatic heterocycles. The van der Waals surface area contributed by atoms with E-state index in [0.29, 0.717) is 5.75 Å². The molecule has 134 valence electrons. The molecule has 0 atom stereocenters. The first kappa shape index (κ1) is 18.4. The lowest BCUT2D eigenvalue weighted by Crippen LogP contribution is -2.27. The Morgan fingerprint density at radius 2 is 1.96 bits per heavy atom. The van der Waals surface area contributed by atoms with Crippen molar-refractivity contribution in [2.75, 3.05) is 11.9 Å². The quantitative estimate of drug-likeness (QED) is 0.850. The second-order valence-corrected chi connectivity index (χ2v) is 6.88. The molecule has 0 spiro atoms. The van der Waals surface area contributed by atoms with Crippen LogP contribution in [0.3, 0.4) is 0 Å². The van der Waals surface area contributed by atoms with Crippen molar-refractivity contribution in [3.8, 4) is 5.75 Å². The third kappa shape index (κ3) is 5.01. The van der Waals surface area contributed by atoms with E-state index in [1.807, 2.05) is 0 Å². The molecule has 1 N–H and O–H groups in total. The smallest absolute Gasteiger partial charge is 0.413 e. The number of alkyl halides is 3. The van der Waals surface area contributed by atoms with Gasteiger partial charge < -0.3 is 9.47 Å². The highest BCUT2D eigenvalue weighted by molar-refractivity contribution is 5.83. The van der Waals surface area contributed by atoms with Gasteiger partial charge in [-0.2, -0.15) is 13.2 Å². The minimum atomic E-state index is -4.17. The second kappa shape index (κ2) is 6.49. The molecule has 24 heavy (non-hydrogen) atoms. The van der Waals surface area contributed by atoms with Crippen molar-refractivity contribution >= 4 is 11.9 Å². The number of hydrogen-bond donors (Lipinski definition) is 1. The zero-order valence-electron chi connectivity index (χ0n) is 13.9. The molecule has 0 bridgehead atoms. The normalized spacial score (nSPS) is 16.4. The molecule has 5 nitrogen and oxygen atoms in total. The van der Waals surface area contributed by atoms with Gasteiger partial charge in [-0.15, -0.1) is 0 Å². The van der Waals surface area contributed by atoms with Gasteiger partial charge in [0.1, 0.15) is 17.2 Å². The highest BCUT2D eigenvalue weighted by Gasteiger charge is 2.62. The van der Waals surface area contributed by atoms with Crippen LogP contribution >= 0.6 is 0 Å². The first-order chi connectivity index (χ1) is 11.0.